The number of Topliss-reactive ketones (excluding diaryl/α,β-unsaturated/α-hetero) is 1. The number of nitrogens with zero attached hydrogens (tertiary/aromatic N) is 1. The molecule has 0 radical (unpaired) electrons. The van der Waals surface area contributed by atoms with Crippen LogP contribution in [0.4, 0.5) is 24.5 Å². The molecule has 0 amide bonds. The lowest BCUT2D eigenvalue weighted by molar-refractivity contribution is -0.0884. The average Bonchev–Trinajstić information content (AvgIpc) is 2.68. The van der Waals surface area contributed by atoms with Crippen LogP contribution in [0.2, 0.25) is 0 Å². The first-order chi connectivity index (χ1) is 12.9. The number of piperazine rings is 1. The van der Waals surface area contributed by atoms with Crippen LogP contribution in [0.25, 0.3) is 0 Å². The summed E-state index contributed by atoms with van der Waals surface area (Å²) in [6, 6.07) is 13.6. The Morgan fingerprint density at radius 2 is 1.75 bits per heavy atom. The number of hydrogen-bond acceptors (Lipinski definition) is 4. The second-order valence-corrected chi connectivity index (χ2v) is 6.57. The fourth-order valence-electron chi connectivity index (χ4n) is 3.18. The summed E-state index contributed by atoms with van der Waals surface area (Å²) in [7, 11) is 0. The van der Waals surface area contributed by atoms with E-state index in [9.17, 15) is 18.0 Å². The van der Waals surface area contributed by atoms with E-state index in [4.69, 9.17) is 0 Å². The third-order valence-electron chi connectivity index (χ3n) is 4.66. The molecule has 1 atom stereocenters. The molecule has 1 aliphatic heterocycles. The van der Waals surface area contributed by atoms with Crippen LogP contribution in [0.5, 0.6) is 0 Å². The average molecular weight is 414 g/mol. The molecule has 0 spiro atoms. The fraction of sp³-hybridized carbons (Fsp3) is 0.350. The molecule has 2 aromatic rings. The van der Waals surface area contributed by atoms with E-state index in [1.54, 1.807) is 12.1 Å². The van der Waals surface area contributed by atoms with Crippen LogP contribution in [0.15, 0.2) is 48.5 Å². The van der Waals surface area contributed by atoms with Crippen molar-refractivity contribution >= 4 is 29.6 Å². The first kappa shape index (κ1) is 22.0. The van der Waals surface area contributed by atoms with Crippen molar-refractivity contribution in [2.45, 2.75) is 19.1 Å². The van der Waals surface area contributed by atoms with E-state index in [-0.39, 0.29) is 29.7 Å². The highest BCUT2D eigenvalue weighted by Gasteiger charge is 2.40. The maximum absolute atomic E-state index is 13.0. The smallest absolute Gasteiger partial charge is 0.378 e. The van der Waals surface area contributed by atoms with E-state index in [2.05, 4.69) is 15.5 Å². The van der Waals surface area contributed by atoms with Gasteiger partial charge in [0.2, 0.25) is 0 Å². The predicted octanol–water partition coefficient (Wildman–Crippen LogP) is 4.44. The van der Waals surface area contributed by atoms with Crippen molar-refractivity contribution < 1.29 is 18.0 Å². The summed E-state index contributed by atoms with van der Waals surface area (Å²) in [4.78, 5) is 14.0. The molecule has 0 unspecified atom stereocenters. The lowest BCUT2D eigenvalue weighted by Crippen LogP contribution is -2.43. The lowest BCUT2D eigenvalue weighted by Gasteiger charge is -2.30. The summed E-state index contributed by atoms with van der Waals surface area (Å²) < 4.78 is 39.1. The van der Waals surface area contributed by atoms with Crippen LogP contribution in [0.1, 0.15) is 28.9 Å². The predicted molar refractivity (Wildman–Crippen MR) is 108 cm³/mol. The number of nitrogens with one attached hydrogen (secondary N) is 2. The molecule has 2 aromatic carbocycles. The Labute approximate surface area is 168 Å². The van der Waals surface area contributed by atoms with Crippen LogP contribution in [-0.2, 0) is 0 Å². The second-order valence-electron chi connectivity index (χ2n) is 6.57. The Morgan fingerprint density at radius 3 is 2.36 bits per heavy atom. The molecule has 1 fully saturated rings. The molecule has 3 rings (SSSR count). The minimum Gasteiger partial charge on any atom is -0.378 e. The van der Waals surface area contributed by atoms with Gasteiger partial charge >= 0.3 is 6.18 Å². The Balaban J connectivity index is 0.00000280. The normalized spacial score (nSPS) is 15.5. The number of ketones is 1. The Morgan fingerprint density at radius 1 is 1.11 bits per heavy atom. The van der Waals surface area contributed by atoms with Gasteiger partial charge in [0.05, 0.1) is 5.56 Å². The standard InChI is InChI=1S/C20H22F3N3O.ClH/c1-14(15-5-3-2-4-6-15)25-18-13-16(26-11-9-24-10-12-26)7-8-17(18)19(27)20(21,22)23;/h2-8,13-14,24-25H,9-12H2,1H3;1H/t14-;/m1./s1. The minimum atomic E-state index is -4.91. The molecular weight excluding hydrogens is 391 g/mol. The van der Waals surface area contributed by atoms with Crippen molar-refractivity contribution in [3.63, 3.8) is 0 Å². The first-order valence-corrected chi connectivity index (χ1v) is 8.89. The molecule has 1 saturated heterocycles. The number of benzene rings is 2. The number of rotatable bonds is 5. The molecule has 1 heterocycles. The summed E-state index contributed by atoms with van der Waals surface area (Å²) in [6.45, 7) is 5.01. The first-order valence-electron chi connectivity index (χ1n) is 8.89. The highest BCUT2D eigenvalue weighted by Crippen LogP contribution is 2.32. The van der Waals surface area contributed by atoms with E-state index in [1.165, 1.54) is 6.07 Å². The zero-order valence-electron chi connectivity index (χ0n) is 15.4. The van der Waals surface area contributed by atoms with Crippen molar-refractivity contribution in [3.8, 4) is 0 Å². The third-order valence-corrected chi connectivity index (χ3v) is 4.66. The minimum absolute atomic E-state index is 0. The Kier molecular flexibility index (Phi) is 7.32. The summed E-state index contributed by atoms with van der Waals surface area (Å²) in [5, 5.41) is 6.34. The van der Waals surface area contributed by atoms with Gasteiger partial charge in [0.25, 0.3) is 5.78 Å². The van der Waals surface area contributed by atoms with Gasteiger partial charge in [0, 0.05) is 43.6 Å². The molecule has 152 valence electrons. The number of hydrogen-bond donors (Lipinski definition) is 2. The summed E-state index contributed by atoms with van der Waals surface area (Å²) in [6.07, 6.45) is -4.91. The van der Waals surface area contributed by atoms with Gasteiger partial charge in [-0.15, -0.1) is 12.4 Å². The maximum atomic E-state index is 13.0. The summed E-state index contributed by atoms with van der Waals surface area (Å²) in [5.41, 5.74) is 1.57. The number of carbonyl (C=O) groups excluding carboxylic acids is 1. The molecule has 8 heteroatoms. The second kappa shape index (κ2) is 9.30. The highest BCUT2D eigenvalue weighted by molar-refractivity contribution is 6.05. The van der Waals surface area contributed by atoms with E-state index in [0.29, 0.717) is 0 Å². The molecule has 1 aliphatic rings. The molecule has 0 aromatic heterocycles. The largest absolute Gasteiger partial charge is 0.454 e. The molecule has 2 N–H and O–H groups in total. The van der Waals surface area contributed by atoms with Gasteiger partial charge in [-0.3, -0.25) is 4.79 Å². The van der Waals surface area contributed by atoms with Crippen LogP contribution in [0.3, 0.4) is 0 Å². The molecule has 0 bridgehead atoms. The molecule has 0 aliphatic carbocycles. The van der Waals surface area contributed by atoms with Crippen LogP contribution < -0.4 is 15.5 Å². The van der Waals surface area contributed by atoms with Crippen molar-refractivity contribution in [2.75, 3.05) is 36.4 Å². The summed E-state index contributed by atoms with van der Waals surface area (Å²) >= 11 is 0. The van der Waals surface area contributed by atoms with Gasteiger partial charge in [-0.1, -0.05) is 30.3 Å². The van der Waals surface area contributed by atoms with Gasteiger partial charge in [-0.25, -0.2) is 0 Å². The van der Waals surface area contributed by atoms with Crippen LogP contribution in [0, 0.1) is 0 Å². The molecule has 28 heavy (non-hydrogen) atoms. The number of carbonyl (C=O) groups is 1. The molecule has 0 saturated carbocycles. The summed E-state index contributed by atoms with van der Waals surface area (Å²) in [5.74, 6) is -1.84. The fourth-order valence-corrected chi connectivity index (χ4v) is 3.18. The zero-order valence-corrected chi connectivity index (χ0v) is 16.2. The number of anilines is 2. The van der Waals surface area contributed by atoms with Gasteiger partial charge in [0.15, 0.2) is 0 Å². The Hall–Kier alpha value is -2.25. The third kappa shape index (κ3) is 5.17. The highest BCUT2D eigenvalue weighted by atomic mass is 35.5. The van der Waals surface area contributed by atoms with Crippen LogP contribution in [-0.4, -0.2) is 38.1 Å². The van der Waals surface area contributed by atoms with Crippen molar-refractivity contribution in [2.24, 2.45) is 0 Å². The van der Waals surface area contributed by atoms with Crippen molar-refractivity contribution in [1.29, 1.82) is 0 Å². The Bertz CT molecular complexity index is 793. The maximum Gasteiger partial charge on any atom is 0.454 e. The van der Waals surface area contributed by atoms with Crippen molar-refractivity contribution in [3.05, 3.63) is 59.7 Å². The topological polar surface area (TPSA) is 44.4 Å². The van der Waals surface area contributed by atoms with Gasteiger partial charge in [-0.2, -0.15) is 13.2 Å². The van der Waals surface area contributed by atoms with E-state index < -0.39 is 12.0 Å². The SMILES string of the molecule is C[C@@H](Nc1cc(N2CCNCC2)ccc1C(=O)C(F)(F)F)c1ccccc1.Cl. The van der Waals surface area contributed by atoms with Crippen molar-refractivity contribution in [1.82, 2.24) is 5.32 Å². The quantitative estimate of drug-likeness (QED) is 0.711. The molecular formula is C20H23ClF3N3O. The number of alkyl halides is 3. The lowest BCUT2D eigenvalue weighted by atomic mass is 10.0. The van der Waals surface area contributed by atoms with Gasteiger partial charge in [-0.05, 0) is 30.7 Å². The molecule has 4 nitrogen and oxygen atoms in total. The van der Waals surface area contributed by atoms with Gasteiger partial charge < -0.3 is 15.5 Å². The van der Waals surface area contributed by atoms with E-state index >= 15 is 0 Å². The van der Waals surface area contributed by atoms with Gasteiger partial charge in [0.1, 0.15) is 0 Å². The number of halogens is 4. The van der Waals surface area contributed by atoms with E-state index in [0.717, 1.165) is 37.4 Å². The van der Waals surface area contributed by atoms with Crippen LogP contribution >= 0.6 is 12.4 Å². The zero-order chi connectivity index (χ0) is 19.4. The van der Waals surface area contributed by atoms with E-state index in [1.807, 2.05) is 37.3 Å². The monoisotopic (exact) mass is 413 g/mol.